The van der Waals surface area contributed by atoms with Crippen molar-refractivity contribution < 1.29 is 19.0 Å². The van der Waals surface area contributed by atoms with Gasteiger partial charge in [-0.1, -0.05) is 30.3 Å². The van der Waals surface area contributed by atoms with Crippen LogP contribution in [0.15, 0.2) is 42.5 Å². The third kappa shape index (κ3) is 3.51. The number of carbonyl (C=O) groups excluding carboxylic acids is 1. The number of fused-ring (bicyclic) bond motifs is 1. The zero-order valence-electron chi connectivity index (χ0n) is 13.9. The Kier molecular flexibility index (Phi) is 5.01. The molecule has 1 atom stereocenters. The standard InChI is InChI=1S/C19H21NO4/c1-22-17-9-14-8-16(20-11-15(14)10-18(17)23-2)19(21)24-12-13-6-4-3-5-7-13/h3-7,9-10,16,20H,8,11-12H2,1-2H3. The number of esters is 1. The Hall–Kier alpha value is -2.53. The number of nitrogens with one attached hydrogen (secondary N) is 1. The quantitative estimate of drug-likeness (QED) is 0.855. The molecule has 0 radical (unpaired) electrons. The molecule has 3 rings (SSSR count). The maximum absolute atomic E-state index is 12.3. The zero-order valence-corrected chi connectivity index (χ0v) is 13.9. The monoisotopic (exact) mass is 327 g/mol. The summed E-state index contributed by atoms with van der Waals surface area (Å²) in [5, 5.41) is 3.23. The van der Waals surface area contributed by atoms with Crippen molar-refractivity contribution in [1.29, 1.82) is 0 Å². The lowest BCUT2D eigenvalue weighted by Gasteiger charge is -2.26. The fraction of sp³-hybridized carbons (Fsp3) is 0.316. The molecule has 1 N–H and O–H groups in total. The summed E-state index contributed by atoms with van der Waals surface area (Å²) in [6.45, 7) is 0.886. The summed E-state index contributed by atoms with van der Waals surface area (Å²) < 4.78 is 16.1. The van der Waals surface area contributed by atoms with E-state index in [1.54, 1.807) is 14.2 Å². The molecule has 5 nitrogen and oxygen atoms in total. The average molecular weight is 327 g/mol. The van der Waals surface area contributed by atoms with Gasteiger partial charge in [0.15, 0.2) is 11.5 Å². The number of carbonyl (C=O) groups is 1. The molecular weight excluding hydrogens is 306 g/mol. The highest BCUT2D eigenvalue weighted by atomic mass is 16.5. The topological polar surface area (TPSA) is 56.8 Å². The molecule has 1 aliphatic rings. The van der Waals surface area contributed by atoms with Crippen molar-refractivity contribution >= 4 is 5.97 Å². The van der Waals surface area contributed by atoms with Gasteiger partial charge in [-0.25, -0.2) is 0 Å². The first-order chi connectivity index (χ1) is 11.7. The molecule has 0 bridgehead atoms. The summed E-state index contributed by atoms with van der Waals surface area (Å²) >= 11 is 0. The zero-order chi connectivity index (χ0) is 16.9. The summed E-state index contributed by atoms with van der Waals surface area (Å²) in [6, 6.07) is 13.2. The smallest absolute Gasteiger partial charge is 0.323 e. The molecule has 5 heteroatoms. The van der Waals surface area contributed by atoms with Gasteiger partial charge in [-0.2, -0.15) is 0 Å². The van der Waals surface area contributed by atoms with Crippen LogP contribution in [0.2, 0.25) is 0 Å². The van der Waals surface area contributed by atoms with Crippen LogP contribution >= 0.6 is 0 Å². The number of hydrogen-bond donors (Lipinski definition) is 1. The van der Waals surface area contributed by atoms with Crippen molar-refractivity contribution in [1.82, 2.24) is 5.32 Å². The summed E-state index contributed by atoms with van der Waals surface area (Å²) in [7, 11) is 3.22. The molecular formula is C19H21NO4. The van der Waals surface area contributed by atoms with Gasteiger partial charge in [-0.15, -0.1) is 0 Å². The largest absolute Gasteiger partial charge is 0.493 e. The molecule has 0 saturated carbocycles. The number of ether oxygens (including phenoxy) is 3. The van der Waals surface area contributed by atoms with Crippen molar-refractivity contribution in [3.8, 4) is 11.5 Å². The lowest BCUT2D eigenvalue weighted by molar-refractivity contribution is -0.147. The summed E-state index contributed by atoms with van der Waals surface area (Å²) in [6.07, 6.45) is 0.573. The van der Waals surface area contributed by atoms with Crippen LogP contribution in [0.25, 0.3) is 0 Å². The molecule has 0 spiro atoms. The summed E-state index contributed by atoms with van der Waals surface area (Å²) in [5.74, 6) is 1.14. The number of benzene rings is 2. The Morgan fingerprint density at radius 1 is 1.08 bits per heavy atom. The first kappa shape index (κ1) is 16.3. The van der Waals surface area contributed by atoms with Crippen molar-refractivity contribution in [3.05, 3.63) is 59.2 Å². The maximum atomic E-state index is 12.3. The second-order valence-corrected chi connectivity index (χ2v) is 5.71. The van der Waals surface area contributed by atoms with Gasteiger partial charge in [-0.05, 0) is 35.2 Å². The minimum Gasteiger partial charge on any atom is -0.493 e. The van der Waals surface area contributed by atoms with Crippen molar-refractivity contribution in [2.45, 2.75) is 25.6 Å². The Balaban J connectivity index is 1.66. The first-order valence-electron chi connectivity index (χ1n) is 7.89. The first-order valence-corrected chi connectivity index (χ1v) is 7.89. The van der Waals surface area contributed by atoms with Crippen LogP contribution in [0.4, 0.5) is 0 Å². The van der Waals surface area contributed by atoms with E-state index in [2.05, 4.69) is 5.32 Å². The molecule has 1 heterocycles. The Labute approximate surface area is 141 Å². The minimum atomic E-state index is -0.348. The lowest BCUT2D eigenvalue weighted by Crippen LogP contribution is -2.42. The number of methoxy groups -OCH3 is 2. The van der Waals surface area contributed by atoms with Crippen LogP contribution in [0, 0.1) is 0 Å². The van der Waals surface area contributed by atoms with Gasteiger partial charge in [0.1, 0.15) is 12.6 Å². The van der Waals surface area contributed by atoms with E-state index in [9.17, 15) is 4.79 Å². The van der Waals surface area contributed by atoms with E-state index >= 15 is 0 Å². The third-order valence-electron chi connectivity index (χ3n) is 4.18. The molecule has 24 heavy (non-hydrogen) atoms. The van der Waals surface area contributed by atoms with E-state index in [4.69, 9.17) is 14.2 Å². The highest BCUT2D eigenvalue weighted by molar-refractivity contribution is 5.77. The molecule has 1 aliphatic heterocycles. The summed E-state index contributed by atoms with van der Waals surface area (Å²) in [5.41, 5.74) is 3.17. The van der Waals surface area contributed by atoms with E-state index in [1.165, 1.54) is 0 Å². The SMILES string of the molecule is COc1cc2c(cc1OC)CC(C(=O)OCc1ccccc1)NC2. The maximum Gasteiger partial charge on any atom is 0.323 e. The Morgan fingerprint density at radius 3 is 2.42 bits per heavy atom. The Bertz CT molecular complexity index is 715. The molecule has 0 amide bonds. The normalized spacial score (nSPS) is 16.2. The Morgan fingerprint density at radius 2 is 1.75 bits per heavy atom. The van der Waals surface area contributed by atoms with Crippen molar-refractivity contribution in [2.75, 3.05) is 14.2 Å². The highest BCUT2D eigenvalue weighted by Crippen LogP contribution is 2.32. The van der Waals surface area contributed by atoms with Crippen molar-refractivity contribution in [3.63, 3.8) is 0 Å². The predicted molar refractivity (Wildman–Crippen MR) is 90.1 cm³/mol. The van der Waals surface area contributed by atoms with Crippen LogP contribution in [0.1, 0.15) is 16.7 Å². The van der Waals surface area contributed by atoms with Crippen LogP contribution in [0.3, 0.4) is 0 Å². The van der Waals surface area contributed by atoms with Gasteiger partial charge < -0.3 is 19.5 Å². The number of hydrogen-bond acceptors (Lipinski definition) is 5. The van der Waals surface area contributed by atoms with E-state index in [0.29, 0.717) is 24.5 Å². The molecule has 126 valence electrons. The van der Waals surface area contributed by atoms with Gasteiger partial charge in [0.05, 0.1) is 14.2 Å². The fourth-order valence-electron chi connectivity index (χ4n) is 2.84. The molecule has 0 fully saturated rings. The van der Waals surface area contributed by atoms with E-state index in [1.807, 2.05) is 42.5 Å². The van der Waals surface area contributed by atoms with Crippen LogP contribution in [-0.4, -0.2) is 26.2 Å². The van der Waals surface area contributed by atoms with Gasteiger partial charge in [0.25, 0.3) is 0 Å². The second kappa shape index (κ2) is 7.36. The molecule has 0 aromatic heterocycles. The minimum absolute atomic E-state index is 0.237. The molecule has 0 saturated heterocycles. The van der Waals surface area contributed by atoms with Crippen molar-refractivity contribution in [2.24, 2.45) is 0 Å². The van der Waals surface area contributed by atoms with Gasteiger partial charge in [0.2, 0.25) is 0 Å². The second-order valence-electron chi connectivity index (χ2n) is 5.71. The fourth-order valence-corrected chi connectivity index (χ4v) is 2.84. The lowest BCUT2D eigenvalue weighted by atomic mass is 9.95. The van der Waals surface area contributed by atoms with E-state index < -0.39 is 0 Å². The van der Waals surface area contributed by atoms with Crippen LogP contribution < -0.4 is 14.8 Å². The van der Waals surface area contributed by atoms with E-state index in [0.717, 1.165) is 16.7 Å². The molecule has 2 aromatic rings. The third-order valence-corrected chi connectivity index (χ3v) is 4.18. The molecule has 2 aromatic carbocycles. The average Bonchev–Trinajstić information content (AvgIpc) is 2.65. The summed E-state index contributed by atoms with van der Waals surface area (Å²) in [4.78, 5) is 12.3. The molecule has 0 aliphatic carbocycles. The highest BCUT2D eigenvalue weighted by Gasteiger charge is 2.26. The predicted octanol–water partition coefficient (Wildman–Crippen LogP) is 2.46. The molecule has 1 unspecified atom stereocenters. The van der Waals surface area contributed by atoms with Gasteiger partial charge in [-0.3, -0.25) is 4.79 Å². The van der Waals surface area contributed by atoms with Gasteiger partial charge >= 0.3 is 5.97 Å². The van der Waals surface area contributed by atoms with Crippen LogP contribution in [-0.2, 0) is 29.1 Å². The van der Waals surface area contributed by atoms with Crippen LogP contribution in [0.5, 0.6) is 11.5 Å². The number of rotatable bonds is 5. The van der Waals surface area contributed by atoms with Gasteiger partial charge in [0, 0.05) is 6.54 Å². The van der Waals surface area contributed by atoms with E-state index in [-0.39, 0.29) is 18.6 Å².